The molecule has 26 heavy (non-hydrogen) atoms. The van der Waals surface area contributed by atoms with E-state index >= 15 is 0 Å². The van der Waals surface area contributed by atoms with E-state index in [0.29, 0.717) is 18.8 Å². The minimum absolute atomic E-state index is 0.0408. The number of carbonyl (C=O) groups excluding carboxylic acids is 1. The van der Waals surface area contributed by atoms with Crippen LogP contribution in [0.5, 0.6) is 0 Å². The Hall–Kier alpha value is -1.57. The molecule has 1 amide bonds. The molecule has 2 unspecified atom stereocenters. The van der Waals surface area contributed by atoms with Crippen LogP contribution in [-0.2, 0) is 6.18 Å². The lowest BCUT2D eigenvalue weighted by Crippen LogP contribution is -2.42. The third kappa shape index (κ3) is 3.61. The summed E-state index contributed by atoms with van der Waals surface area (Å²) in [5, 5.41) is 3.90. The van der Waals surface area contributed by atoms with E-state index < -0.39 is 17.8 Å². The van der Waals surface area contributed by atoms with E-state index in [1.807, 2.05) is 14.0 Å². The zero-order valence-corrected chi connectivity index (χ0v) is 15.6. The second-order valence-corrected chi connectivity index (χ2v) is 7.65. The third-order valence-electron chi connectivity index (χ3n) is 5.64. The standard InChI is InChI=1S/C18H27F3N4O/c1-12-7-4-5-10-24(12)17(26)15-13(2)25(22-16(15)18(19,20)21)14-8-6-9-23(3)11-14/h12,14H,4-11H2,1-3H3. The Kier molecular flexibility index (Phi) is 5.33. The Morgan fingerprint density at radius 2 is 1.88 bits per heavy atom. The fourth-order valence-corrected chi connectivity index (χ4v) is 4.21. The van der Waals surface area contributed by atoms with E-state index in [-0.39, 0.29) is 17.6 Å². The monoisotopic (exact) mass is 372 g/mol. The van der Waals surface area contributed by atoms with E-state index in [1.165, 1.54) is 4.68 Å². The predicted molar refractivity (Wildman–Crippen MR) is 92.1 cm³/mol. The van der Waals surface area contributed by atoms with Gasteiger partial charge in [0, 0.05) is 24.8 Å². The predicted octanol–water partition coefficient (Wildman–Crippen LogP) is 3.49. The molecule has 0 saturated carbocycles. The summed E-state index contributed by atoms with van der Waals surface area (Å²) in [5.74, 6) is -0.530. The van der Waals surface area contributed by atoms with Gasteiger partial charge in [0.1, 0.15) is 0 Å². The zero-order chi connectivity index (χ0) is 19.1. The van der Waals surface area contributed by atoms with Crippen molar-refractivity contribution in [3.05, 3.63) is 17.0 Å². The maximum absolute atomic E-state index is 13.7. The summed E-state index contributed by atoms with van der Waals surface area (Å²) in [6, 6.07) is -0.170. The summed E-state index contributed by atoms with van der Waals surface area (Å²) < 4.78 is 42.4. The molecule has 0 N–H and O–H groups in total. The molecule has 3 rings (SSSR count). The number of aromatic nitrogens is 2. The molecule has 0 spiro atoms. The molecule has 3 heterocycles. The smallest absolute Gasteiger partial charge is 0.336 e. The average molecular weight is 372 g/mol. The molecule has 2 aliphatic rings. The van der Waals surface area contributed by atoms with Crippen molar-refractivity contribution in [2.45, 2.75) is 64.2 Å². The largest absolute Gasteiger partial charge is 0.435 e. The van der Waals surface area contributed by atoms with Gasteiger partial charge in [-0.1, -0.05) is 0 Å². The summed E-state index contributed by atoms with van der Waals surface area (Å²) >= 11 is 0. The second kappa shape index (κ2) is 7.21. The van der Waals surface area contributed by atoms with Gasteiger partial charge in [0.2, 0.25) is 0 Å². The van der Waals surface area contributed by atoms with Crippen molar-refractivity contribution < 1.29 is 18.0 Å². The molecular formula is C18H27F3N4O. The molecule has 146 valence electrons. The molecule has 5 nitrogen and oxygen atoms in total. The first-order valence-electron chi connectivity index (χ1n) is 9.36. The lowest BCUT2D eigenvalue weighted by molar-refractivity contribution is -0.142. The summed E-state index contributed by atoms with van der Waals surface area (Å²) in [6.07, 6.45) is -0.289. The van der Waals surface area contributed by atoms with Crippen LogP contribution in [0.1, 0.15) is 66.8 Å². The van der Waals surface area contributed by atoms with Gasteiger partial charge in [-0.05, 0) is 59.5 Å². The van der Waals surface area contributed by atoms with Crippen molar-refractivity contribution >= 4 is 5.91 Å². The van der Waals surface area contributed by atoms with Crippen LogP contribution in [0.3, 0.4) is 0 Å². The SMILES string of the molecule is Cc1c(C(=O)N2CCCCC2C)c(C(F)(F)F)nn1C1CCCN(C)C1. The number of carbonyl (C=O) groups is 1. The Morgan fingerprint density at radius 1 is 1.15 bits per heavy atom. The summed E-state index contributed by atoms with van der Waals surface area (Å²) in [4.78, 5) is 16.7. The molecule has 0 aliphatic carbocycles. The first-order chi connectivity index (χ1) is 12.2. The van der Waals surface area contributed by atoms with Gasteiger partial charge in [-0.25, -0.2) is 0 Å². The molecular weight excluding hydrogens is 345 g/mol. The molecule has 0 aromatic carbocycles. The number of rotatable bonds is 2. The molecule has 2 fully saturated rings. The highest BCUT2D eigenvalue weighted by Gasteiger charge is 2.43. The molecule has 2 aliphatic heterocycles. The topological polar surface area (TPSA) is 41.4 Å². The minimum Gasteiger partial charge on any atom is -0.336 e. The first kappa shape index (κ1) is 19.2. The van der Waals surface area contributed by atoms with E-state index in [1.54, 1.807) is 11.8 Å². The Morgan fingerprint density at radius 3 is 2.50 bits per heavy atom. The van der Waals surface area contributed by atoms with Crippen molar-refractivity contribution in [2.24, 2.45) is 0 Å². The first-order valence-corrected chi connectivity index (χ1v) is 9.36. The maximum Gasteiger partial charge on any atom is 0.435 e. The molecule has 1 aromatic rings. The maximum atomic E-state index is 13.7. The van der Waals surface area contributed by atoms with Crippen LogP contribution in [-0.4, -0.2) is 58.2 Å². The van der Waals surface area contributed by atoms with Crippen molar-refractivity contribution in [2.75, 3.05) is 26.7 Å². The Balaban J connectivity index is 2.01. The number of nitrogens with zero attached hydrogens (tertiary/aromatic N) is 4. The van der Waals surface area contributed by atoms with Gasteiger partial charge in [-0.3, -0.25) is 9.48 Å². The van der Waals surface area contributed by atoms with E-state index in [0.717, 1.165) is 38.6 Å². The normalized spacial score (nSPS) is 25.5. The second-order valence-electron chi connectivity index (χ2n) is 7.65. The Labute approximate surface area is 152 Å². The quantitative estimate of drug-likeness (QED) is 0.798. The average Bonchev–Trinajstić information content (AvgIpc) is 2.92. The van der Waals surface area contributed by atoms with Crippen LogP contribution >= 0.6 is 0 Å². The number of piperidine rings is 2. The number of amides is 1. The minimum atomic E-state index is -4.64. The van der Waals surface area contributed by atoms with Gasteiger partial charge in [0.15, 0.2) is 5.69 Å². The number of alkyl halides is 3. The van der Waals surface area contributed by atoms with Gasteiger partial charge in [0.25, 0.3) is 5.91 Å². The molecule has 8 heteroatoms. The van der Waals surface area contributed by atoms with Gasteiger partial charge in [-0.15, -0.1) is 0 Å². The molecule has 0 radical (unpaired) electrons. The van der Waals surface area contributed by atoms with Crippen molar-refractivity contribution in [1.29, 1.82) is 0 Å². The molecule has 0 bridgehead atoms. The molecule has 1 aromatic heterocycles. The molecule has 2 saturated heterocycles. The number of halogens is 3. The lowest BCUT2D eigenvalue weighted by atomic mass is 10.0. The van der Waals surface area contributed by atoms with Gasteiger partial charge in [-0.2, -0.15) is 18.3 Å². The van der Waals surface area contributed by atoms with Crippen LogP contribution in [0.2, 0.25) is 0 Å². The van der Waals surface area contributed by atoms with Gasteiger partial charge < -0.3 is 9.80 Å². The van der Waals surface area contributed by atoms with Gasteiger partial charge >= 0.3 is 6.18 Å². The number of hydrogen-bond acceptors (Lipinski definition) is 3. The van der Waals surface area contributed by atoms with Crippen LogP contribution in [0.15, 0.2) is 0 Å². The van der Waals surface area contributed by atoms with Crippen LogP contribution in [0, 0.1) is 6.92 Å². The number of likely N-dealkylation sites (tertiary alicyclic amines) is 2. The summed E-state index contributed by atoms with van der Waals surface area (Å²) in [6.45, 7) is 5.58. The van der Waals surface area contributed by atoms with Crippen molar-refractivity contribution in [3.8, 4) is 0 Å². The fourth-order valence-electron chi connectivity index (χ4n) is 4.21. The van der Waals surface area contributed by atoms with Crippen molar-refractivity contribution in [3.63, 3.8) is 0 Å². The van der Waals surface area contributed by atoms with Crippen LogP contribution in [0.4, 0.5) is 13.2 Å². The van der Waals surface area contributed by atoms with E-state index in [4.69, 9.17) is 0 Å². The summed E-state index contributed by atoms with van der Waals surface area (Å²) in [7, 11) is 1.96. The van der Waals surface area contributed by atoms with Crippen LogP contribution < -0.4 is 0 Å². The summed E-state index contributed by atoms with van der Waals surface area (Å²) in [5.41, 5.74) is -0.967. The number of hydrogen-bond donors (Lipinski definition) is 0. The number of likely N-dealkylation sites (N-methyl/N-ethyl adjacent to an activating group) is 1. The van der Waals surface area contributed by atoms with Crippen molar-refractivity contribution in [1.82, 2.24) is 19.6 Å². The van der Waals surface area contributed by atoms with Gasteiger partial charge in [0.05, 0.1) is 11.6 Å². The zero-order valence-electron chi connectivity index (χ0n) is 15.6. The fraction of sp³-hybridized carbons (Fsp3) is 0.778. The van der Waals surface area contributed by atoms with Crippen LogP contribution in [0.25, 0.3) is 0 Å². The lowest BCUT2D eigenvalue weighted by Gasteiger charge is -2.34. The third-order valence-corrected chi connectivity index (χ3v) is 5.64. The highest BCUT2D eigenvalue weighted by Crippen LogP contribution is 2.36. The van der Waals surface area contributed by atoms with E-state index in [9.17, 15) is 18.0 Å². The Bertz CT molecular complexity index is 670. The van der Waals surface area contributed by atoms with E-state index in [2.05, 4.69) is 10.00 Å². The molecule has 2 atom stereocenters. The highest BCUT2D eigenvalue weighted by molar-refractivity contribution is 5.97. The highest BCUT2D eigenvalue weighted by atomic mass is 19.4.